The molecule has 0 N–H and O–H groups in total. The third-order valence-corrected chi connectivity index (χ3v) is 7.66. The lowest BCUT2D eigenvalue weighted by molar-refractivity contribution is 0.0816. The highest BCUT2D eigenvalue weighted by atomic mass is 28.3. The van der Waals surface area contributed by atoms with E-state index in [1.807, 2.05) is 67.1 Å². The summed E-state index contributed by atoms with van der Waals surface area (Å²) in [4.78, 5) is 4.63. The smallest absolute Gasteiger partial charge is 0.140 e. The van der Waals surface area contributed by atoms with Crippen molar-refractivity contribution in [3.63, 3.8) is 0 Å². The largest absolute Gasteiger partial charge is 0.457 e. The molecule has 0 amide bonds. The SMILES string of the molecule is CC(C)=Nc1cc(Oc2ccc3c(/C=C/c4ccccc4)nn(COCC[Si](C)(C)C)c3c2)ccc1C. The molecule has 4 aromatic rings. The van der Waals surface area contributed by atoms with E-state index >= 15 is 0 Å². The van der Waals surface area contributed by atoms with Crippen molar-refractivity contribution in [3.8, 4) is 11.5 Å². The van der Waals surface area contributed by atoms with E-state index in [2.05, 4.69) is 61.9 Å². The van der Waals surface area contributed by atoms with E-state index in [1.54, 1.807) is 0 Å². The number of hydrogen-bond acceptors (Lipinski definition) is 4. The van der Waals surface area contributed by atoms with Gasteiger partial charge >= 0.3 is 0 Å². The van der Waals surface area contributed by atoms with E-state index in [9.17, 15) is 0 Å². The number of rotatable bonds is 10. The van der Waals surface area contributed by atoms with Gasteiger partial charge in [-0.15, -0.1) is 0 Å². The van der Waals surface area contributed by atoms with Crippen LogP contribution < -0.4 is 4.74 Å². The van der Waals surface area contributed by atoms with Gasteiger partial charge in [0.1, 0.15) is 18.2 Å². The quantitative estimate of drug-likeness (QED) is 0.121. The van der Waals surface area contributed by atoms with Crippen LogP contribution in [0.15, 0.2) is 71.7 Å². The van der Waals surface area contributed by atoms with Gasteiger partial charge in [-0.3, -0.25) is 4.99 Å². The highest BCUT2D eigenvalue weighted by Gasteiger charge is 2.14. The van der Waals surface area contributed by atoms with Gasteiger partial charge < -0.3 is 9.47 Å². The van der Waals surface area contributed by atoms with Gasteiger partial charge in [0.2, 0.25) is 0 Å². The summed E-state index contributed by atoms with van der Waals surface area (Å²) in [6.07, 6.45) is 4.15. The lowest BCUT2D eigenvalue weighted by Gasteiger charge is -2.15. The summed E-state index contributed by atoms with van der Waals surface area (Å²) in [5, 5.41) is 5.95. The average molecular weight is 512 g/mol. The second-order valence-electron chi connectivity index (χ2n) is 10.8. The minimum Gasteiger partial charge on any atom is -0.457 e. The van der Waals surface area contributed by atoms with Crippen molar-refractivity contribution in [1.29, 1.82) is 0 Å². The molecular formula is C31H37N3O2Si. The second kappa shape index (κ2) is 11.7. The van der Waals surface area contributed by atoms with Gasteiger partial charge in [0.25, 0.3) is 0 Å². The minimum atomic E-state index is -1.16. The monoisotopic (exact) mass is 511 g/mol. The van der Waals surface area contributed by atoms with Crippen molar-refractivity contribution in [2.75, 3.05) is 6.61 Å². The fourth-order valence-electron chi connectivity index (χ4n) is 3.88. The zero-order valence-corrected chi connectivity index (χ0v) is 23.8. The van der Waals surface area contributed by atoms with E-state index in [-0.39, 0.29) is 0 Å². The van der Waals surface area contributed by atoms with Crippen LogP contribution in [0.2, 0.25) is 25.7 Å². The number of aryl methyl sites for hydroxylation is 1. The lowest BCUT2D eigenvalue weighted by Crippen LogP contribution is -2.22. The molecular weight excluding hydrogens is 474 g/mol. The van der Waals surface area contributed by atoms with Crippen molar-refractivity contribution >= 4 is 42.5 Å². The molecule has 0 atom stereocenters. The highest BCUT2D eigenvalue weighted by molar-refractivity contribution is 6.76. The van der Waals surface area contributed by atoms with Crippen molar-refractivity contribution in [1.82, 2.24) is 9.78 Å². The van der Waals surface area contributed by atoms with Gasteiger partial charge in [-0.05, 0) is 62.2 Å². The standard InChI is InChI=1S/C31H37N3O2Si/c1-23(2)32-30-20-26(14-12-24(30)3)36-27-15-16-28-29(17-13-25-10-8-7-9-11-25)33-34(31(28)21-27)22-35-18-19-37(4,5)6/h7-17,20-21H,18-19,22H2,1-6H3/b17-13+. The first-order chi connectivity index (χ1) is 17.7. The third-order valence-electron chi connectivity index (χ3n) is 5.96. The number of hydrogen-bond donors (Lipinski definition) is 0. The van der Waals surface area contributed by atoms with Crippen LogP contribution in [-0.4, -0.2) is 30.2 Å². The predicted octanol–water partition coefficient (Wildman–Crippen LogP) is 8.73. The number of aliphatic imine (C=N–C) groups is 1. The van der Waals surface area contributed by atoms with E-state index in [0.29, 0.717) is 6.73 Å². The highest BCUT2D eigenvalue weighted by Crippen LogP contribution is 2.31. The van der Waals surface area contributed by atoms with Gasteiger partial charge in [-0.2, -0.15) is 5.10 Å². The van der Waals surface area contributed by atoms with Gasteiger partial charge in [-0.25, -0.2) is 4.68 Å². The maximum Gasteiger partial charge on any atom is 0.140 e. The first kappa shape index (κ1) is 26.6. The van der Waals surface area contributed by atoms with Crippen molar-refractivity contribution < 1.29 is 9.47 Å². The third kappa shape index (κ3) is 7.51. The van der Waals surface area contributed by atoms with E-state index in [4.69, 9.17) is 14.6 Å². The molecule has 192 valence electrons. The van der Waals surface area contributed by atoms with Crippen LogP contribution in [0.25, 0.3) is 23.1 Å². The Balaban J connectivity index is 1.63. The molecule has 0 aliphatic rings. The Labute approximate surface area is 221 Å². The molecule has 0 spiro atoms. The molecule has 0 aliphatic carbocycles. The minimum absolute atomic E-state index is 0.406. The predicted molar refractivity (Wildman–Crippen MR) is 159 cm³/mol. The van der Waals surface area contributed by atoms with Crippen LogP contribution >= 0.6 is 0 Å². The molecule has 37 heavy (non-hydrogen) atoms. The maximum atomic E-state index is 6.26. The molecule has 0 saturated carbocycles. The fourth-order valence-corrected chi connectivity index (χ4v) is 4.64. The first-order valence-corrected chi connectivity index (χ1v) is 16.5. The van der Waals surface area contributed by atoms with Crippen LogP contribution in [0.5, 0.6) is 11.5 Å². The first-order valence-electron chi connectivity index (χ1n) is 12.8. The Morgan fingerprint density at radius 3 is 2.41 bits per heavy atom. The topological polar surface area (TPSA) is 48.6 Å². The van der Waals surface area contributed by atoms with Gasteiger partial charge in [0, 0.05) is 37.9 Å². The molecule has 0 unspecified atom stereocenters. The van der Waals surface area contributed by atoms with E-state index < -0.39 is 8.07 Å². The molecule has 1 heterocycles. The molecule has 0 fully saturated rings. The van der Waals surface area contributed by atoms with Crippen LogP contribution in [0.4, 0.5) is 5.69 Å². The number of fused-ring (bicyclic) bond motifs is 1. The summed E-state index contributed by atoms with van der Waals surface area (Å²) in [7, 11) is -1.16. The Morgan fingerprint density at radius 1 is 0.946 bits per heavy atom. The van der Waals surface area contributed by atoms with Gasteiger partial charge in [-0.1, -0.05) is 62.1 Å². The van der Waals surface area contributed by atoms with E-state index in [1.165, 1.54) is 0 Å². The Hall–Kier alpha value is -3.48. The zero-order valence-electron chi connectivity index (χ0n) is 22.8. The Kier molecular flexibility index (Phi) is 8.41. The van der Waals surface area contributed by atoms with Gasteiger partial charge in [0.15, 0.2) is 0 Å². The number of aromatic nitrogens is 2. The summed E-state index contributed by atoms with van der Waals surface area (Å²) < 4.78 is 14.3. The number of ether oxygens (including phenoxy) is 2. The van der Waals surface area contributed by atoms with Crippen LogP contribution in [0, 0.1) is 6.92 Å². The van der Waals surface area contributed by atoms with Crippen molar-refractivity contribution in [3.05, 3.63) is 83.6 Å². The molecule has 5 nitrogen and oxygen atoms in total. The Bertz CT molecular complexity index is 1410. The molecule has 0 radical (unpaired) electrons. The lowest BCUT2D eigenvalue weighted by atomic mass is 10.1. The molecule has 4 rings (SSSR count). The van der Waals surface area contributed by atoms with Crippen LogP contribution in [-0.2, 0) is 11.5 Å². The van der Waals surface area contributed by atoms with Crippen molar-refractivity contribution in [2.24, 2.45) is 4.99 Å². The molecule has 6 heteroatoms. The van der Waals surface area contributed by atoms with Gasteiger partial charge in [0.05, 0.1) is 16.9 Å². The normalized spacial score (nSPS) is 11.8. The Morgan fingerprint density at radius 2 is 1.68 bits per heavy atom. The zero-order chi connectivity index (χ0) is 26.4. The summed E-state index contributed by atoms with van der Waals surface area (Å²) >= 11 is 0. The average Bonchev–Trinajstić information content (AvgIpc) is 3.19. The van der Waals surface area contributed by atoms with Crippen LogP contribution in [0.1, 0.15) is 30.7 Å². The summed E-state index contributed by atoms with van der Waals surface area (Å²) in [6, 6.07) is 23.5. The molecule has 3 aromatic carbocycles. The molecule has 0 aliphatic heterocycles. The summed E-state index contributed by atoms with van der Waals surface area (Å²) in [5.41, 5.74) is 6.07. The van der Waals surface area contributed by atoms with Crippen molar-refractivity contribution in [2.45, 2.75) is 53.2 Å². The number of nitrogens with zero attached hydrogens (tertiary/aromatic N) is 3. The van der Waals surface area contributed by atoms with E-state index in [0.717, 1.165) is 63.3 Å². The molecule has 0 bridgehead atoms. The second-order valence-corrected chi connectivity index (χ2v) is 16.4. The summed E-state index contributed by atoms with van der Waals surface area (Å²) in [5.74, 6) is 1.51. The van der Waals surface area contributed by atoms with Crippen LogP contribution in [0.3, 0.4) is 0 Å². The summed E-state index contributed by atoms with van der Waals surface area (Å²) in [6.45, 7) is 14.3. The maximum absolute atomic E-state index is 6.26. The number of benzene rings is 3. The molecule has 0 saturated heterocycles. The fraction of sp³-hybridized carbons (Fsp3) is 0.290. The molecule has 1 aromatic heterocycles.